The highest BCUT2D eigenvalue weighted by Gasteiger charge is 2.15. The third-order valence-corrected chi connectivity index (χ3v) is 4.73. The maximum absolute atomic E-state index is 3.73. The number of aryl methyl sites for hydroxylation is 3. The molecule has 1 atom stereocenters. The maximum atomic E-state index is 3.73. The van der Waals surface area contributed by atoms with Crippen molar-refractivity contribution in [3.63, 3.8) is 0 Å². The van der Waals surface area contributed by atoms with Gasteiger partial charge in [-0.1, -0.05) is 31.2 Å². The molecule has 0 amide bonds. The molecule has 0 aliphatic carbocycles. The van der Waals surface area contributed by atoms with Crippen molar-refractivity contribution in [3.05, 3.63) is 57.3 Å². The van der Waals surface area contributed by atoms with Crippen LogP contribution in [0.5, 0.6) is 0 Å². The molecule has 0 aliphatic heterocycles. The van der Waals surface area contributed by atoms with E-state index in [9.17, 15) is 0 Å². The number of thiophene rings is 1. The first-order chi connectivity index (χ1) is 9.72. The molecule has 1 nitrogen and oxygen atoms in total. The maximum Gasteiger partial charge on any atom is 0.0328 e. The third kappa shape index (κ3) is 3.94. The molecular weight excluding hydrogens is 262 g/mol. The monoisotopic (exact) mass is 287 g/mol. The third-order valence-electron chi connectivity index (χ3n) is 3.79. The molecule has 1 N–H and O–H groups in total. The molecule has 1 unspecified atom stereocenters. The smallest absolute Gasteiger partial charge is 0.0328 e. The zero-order valence-electron chi connectivity index (χ0n) is 12.8. The summed E-state index contributed by atoms with van der Waals surface area (Å²) in [6.07, 6.45) is 3.51. The van der Waals surface area contributed by atoms with E-state index in [1.54, 1.807) is 0 Å². The Hall–Kier alpha value is -1.12. The van der Waals surface area contributed by atoms with Crippen LogP contribution in [0.1, 0.15) is 47.4 Å². The average Bonchev–Trinajstić information content (AvgIpc) is 2.94. The van der Waals surface area contributed by atoms with E-state index < -0.39 is 0 Å². The van der Waals surface area contributed by atoms with Crippen molar-refractivity contribution in [2.45, 2.75) is 46.1 Å². The van der Waals surface area contributed by atoms with E-state index in [1.807, 2.05) is 11.3 Å². The van der Waals surface area contributed by atoms with Crippen LogP contribution in [-0.4, -0.2) is 6.54 Å². The van der Waals surface area contributed by atoms with E-state index >= 15 is 0 Å². The van der Waals surface area contributed by atoms with Gasteiger partial charge in [-0.25, -0.2) is 0 Å². The molecule has 20 heavy (non-hydrogen) atoms. The van der Waals surface area contributed by atoms with Gasteiger partial charge in [0, 0.05) is 10.9 Å². The lowest BCUT2D eigenvalue weighted by molar-refractivity contribution is 0.497. The van der Waals surface area contributed by atoms with Crippen molar-refractivity contribution in [1.29, 1.82) is 0 Å². The van der Waals surface area contributed by atoms with Gasteiger partial charge in [-0.2, -0.15) is 0 Å². The zero-order chi connectivity index (χ0) is 14.4. The number of hydrogen-bond donors (Lipinski definition) is 1. The largest absolute Gasteiger partial charge is 0.310 e. The Kier molecular flexibility index (Phi) is 5.81. The molecule has 2 heteroatoms. The summed E-state index contributed by atoms with van der Waals surface area (Å²) in [4.78, 5) is 1.49. The molecule has 108 valence electrons. The first-order valence-corrected chi connectivity index (χ1v) is 8.42. The van der Waals surface area contributed by atoms with Crippen LogP contribution in [0, 0.1) is 13.8 Å². The number of hydrogen-bond acceptors (Lipinski definition) is 2. The summed E-state index contributed by atoms with van der Waals surface area (Å²) in [5.41, 5.74) is 4.31. The highest BCUT2D eigenvalue weighted by atomic mass is 32.1. The minimum absolute atomic E-state index is 0.471. The lowest BCUT2D eigenvalue weighted by Crippen LogP contribution is -2.24. The second kappa shape index (κ2) is 7.61. The Balaban J connectivity index is 2.13. The first-order valence-electron chi connectivity index (χ1n) is 7.54. The molecular formula is C18H25NS. The molecule has 0 saturated heterocycles. The molecule has 0 aliphatic rings. The van der Waals surface area contributed by atoms with Gasteiger partial charge in [0.2, 0.25) is 0 Å². The Morgan fingerprint density at radius 2 is 1.85 bits per heavy atom. The van der Waals surface area contributed by atoms with Crippen molar-refractivity contribution in [2.24, 2.45) is 0 Å². The van der Waals surface area contributed by atoms with Crippen molar-refractivity contribution in [3.8, 4) is 0 Å². The van der Waals surface area contributed by atoms with Crippen LogP contribution in [0.2, 0.25) is 0 Å². The lowest BCUT2D eigenvalue weighted by Gasteiger charge is -2.23. The summed E-state index contributed by atoms with van der Waals surface area (Å²) in [7, 11) is 0. The van der Waals surface area contributed by atoms with E-state index in [0.717, 1.165) is 13.0 Å². The average molecular weight is 287 g/mol. The standard InChI is InChI=1S/C18H25NS/c1-4-12-19-17(11-10-16-9-6-13-20-16)18-14(2)7-5-8-15(18)3/h5-9,13,17,19H,4,10-12H2,1-3H3. The molecule has 0 spiro atoms. The van der Waals surface area contributed by atoms with Gasteiger partial charge in [-0.05, 0) is 67.8 Å². The Labute approximate surface area is 127 Å². The number of benzene rings is 1. The zero-order valence-corrected chi connectivity index (χ0v) is 13.6. The van der Waals surface area contributed by atoms with Gasteiger partial charge in [0.25, 0.3) is 0 Å². The molecule has 0 saturated carbocycles. The minimum Gasteiger partial charge on any atom is -0.310 e. The van der Waals surface area contributed by atoms with E-state index in [-0.39, 0.29) is 0 Å². The predicted molar refractivity (Wildman–Crippen MR) is 89.6 cm³/mol. The first kappa shape index (κ1) is 15.3. The normalized spacial score (nSPS) is 12.6. The summed E-state index contributed by atoms with van der Waals surface area (Å²) < 4.78 is 0. The van der Waals surface area contributed by atoms with Gasteiger partial charge in [0.1, 0.15) is 0 Å². The Morgan fingerprint density at radius 3 is 2.45 bits per heavy atom. The summed E-state index contributed by atoms with van der Waals surface area (Å²) >= 11 is 1.86. The molecule has 1 heterocycles. The van der Waals surface area contributed by atoms with Crippen molar-refractivity contribution in [2.75, 3.05) is 6.54 Å². The Morgan fingerprint density at radius 1 is 1.10 bits per heavy atom. The molecule has 0 fully saturated rings. The van der Waals surface area contributed by atoms with E-state index in [4.69, 9.17) is 0 Å². The fraction of sp³-hybridized carbons (Fsp3) is 0.444. The molecule has 1 aromatic heterocycles. The van der Waals surface area contributed by atoms with E-state index in [2.05, 4.69) is 61.8 Å². The Bertz CT molecular complexity index is 496. The highest BCUT2D eigenvalue weighted by molar-refractivity contribution is 7.09. The van der Waals surface area contributed by atoms with Crippen LogP contribution in [0.4, 0.5) is 0 Å². The molecule has 0 radical (unpaired) electrons. The molecule has 1 aromatic carbocycles. The summed E-state index contributed by atoms with van der Waals surface area (Å²) in [5.74, 6) is 0. The molecule has 2 rings (SSSR count). The number of rotatable bonds is 7. The van der Waals surface area contributed by atoms with Crippen LogP contribution in [-0.2, 0) is 6.42 Å². The fourth-order valence-corrected chi connectivity index (χ4v) is 3.51. The quantitative estimate of drug-likeness (QED) is 0.752. The second-order valence-electron chi connectivity index (χ2n) is 5.43. The predicted octanol–water partition coefficient (Wildman–Crippen LogP) is 5.04. The summed E-state index contributed by atoms with van der Waals surface area (Å²) in [5, 5.41) is 5.90. The van der Waals surface area contributed by atoms with Gasteiger partial charge in [0.15, 0.2) is 0 Å². The van der Waals surface area contributed by atoms with Gasteiger partial charge in [-0.3, -0.25) is 0 Å². The van der Waals surface area contributed by atoms with Crippen molar-refractivity contribution < 1.29 is 0 Å². The summed E-state index contributed by atoms with van der Waals surface area (Å²) in [6, 6.07) is 11.5. The van der Waals surface area contributed by atoms with Gasteiger partial charge in [0.05, 0.1) is 0 Å². The summed E-state index contributed by atoms with van der Waals surface area (Å²) in [6.45, 7) is 7.78. The van der Waals surface area contributed by atoms with Crippen LogP contribution in [0.3, 0.4) is 0 Å². The highest BCUT2D eigenvalue weighted by Crippen LogP contribution is 2.26. The van der Waals surface area contributed by atoms with Crippen LogP contribution < -0.4 is 5.32 Å². The number of nitrogens with one attached hydrogen (secondary N) is 1. The van der Waals surface area contributed by atoms with Crippen LogP contribution in [0.25, 0.3) is 0 Å². The van der Waals surface area contributed by atoms with Crippen molar-refractivity contribution in [1.82, 2.24) is 5.32 Å². The topological polar surface area (TPSA) is 12.0 Å². The SMILES string of the molecule is CCCNC(CCc1cccs1)c1c(C)cccc1C. The second-order valence-corrected chi connectivity index (χ2v) is 6.46. The van der Waals surface area contributed by atoms with Gasteiger partial charge >= 0.3 is 0 Å². The fourth-order valence-electron chi connectivity index (χ4n) is 2.79. The van der Waals surface area contributed by atoms with Crippen molar-refractivity contribution >= 4 is 11.3 Å². The lowest BCUT2D eigenvalue weighted by atomic mass is 9.93. The molecule has 0 bridgehead atoms. The molecule has 2 aromatic rings. The van der Waals surface area contributed by atoms with Gasteiger partial charge < -0.3 is 5.32 Å². The minimum atomic E-state index is 0.471. The van der Waals surface area contributed by atoms with E-state index in [0.29, 0.717) is 6.04 Å². The van der Waals surface area contributed by atoms with Crippen LogP contribution >= 0.6 is 11.3 Å². The van der Waals surface area contributed by atoms with Crippen LogP contribution in [0.15, 0.2) is 35.7 Å². The van der Waals surface area contributed by atoms with Gasteiger partial charge in [-0.15, -0.1) is 11.3 Å². The van der Waals surface area contributed by atoms with E-state index in [1.165, 1.54) is 34.4 Å².